The molecule has 0 saturated carbocycles. The molecule has 6 nitrogen and oxygen atoms in total. The molecule has 1 atom stereocenters. The number of aromatic hydroxyl groups is 1. The first-order valence-corrected chi connectivity index (χ1v) is 11.6. The summed E-state index contributed by atoms with van der Waals surface area (Å²) in [5.41, 5.74) is 3.68. The van der Waals surface area contributed by atoms with Gasteiger partial charge in [-0.25, -0.2) is 4.98 Å². The van der Waals surface area contributed by atoms with Crippen LogP contribution < -0.4 is 4.90 Å². The maximum Gasteiger partial charge on any atom is 0.230 e. The molecule has 0 bridgehead atoms. The van der Waals surface area contributed by atoms with E-state index in [0.717, 1.165) is 48.3 Å². The number of aromatic nitrogens is 3. The highest BCUT2D eigenvalue weighted by Gasteiger charge is 2.31. The van der Waals surface area contributed by atoms with E-state index in [4.69, 9.17) is 0 Å². The minimum absolute atomic E-state index is 0.0172. The van der Waals surface area contributed by atoms with Crippen molar-refractivity contribution < 1.29 is 5.11 Å². The molecule has 4 aromatic rings. The lowest BCUT2D eigenvalue weighted by molar-refractivity contribution is 0.211. The predicted molar refractivity (Wildman–Crippen MR) is 125 cm³/mol. The summed E-state index contributed by atoms with van der Waals surface area (Å²) in [6.45, 7) is 7.88. The lowest BCUT2D eigenvalue weighted by atomic mass is 10.0. The zero-order valence-corrected chi connectivity index (χ0v) is 18.7. The van der Waals surface area contributed by atoms with Crippen molar-refractivity contribution in [2.24, 2.45) is 0 Å². The summed E-state index contributed by atoms with van der Waals surface area (Å²) in [6.07, 6.45) is 0.756. The van der Waals surface area contributed by atoms with Crippen molar-refractivity contribution in [1.82, 2.24) is 19.5 Å². The molecule has 2 aromatic carbocycles. The number of piperazine rings is 1. The number of benzene rings is 2. The Labute approximate surface area is 186 Å². The molecule has 3 heterocycles. The summed E-state index contributed by atoms with van der Waals surface area (Å²) in [7, 11) is 0. The molecular weight excluding hydrogens is 406 g/mol. The zero-order chi connectivity index (χ0) is 21.4. The largest absolute Gasteiger partial charge is 0.492 e. The molecule has 1 saturated heterocycles. The van der Waals surface area contributed by atoms with Crippen LogP contribution >= 0.6 is 11.3 Å². The van der Waals surface area contributed by atoms with Crippen LogP contribution in [0.3, 0.4) is 0 Å². The predicted octanol–water partition coefficient (Wildman–Crippen LogP) is 4.28. The van der Waals surface area contributed by atoms with Gasteiger partial charge in [-0.1, -0.05) is 66.3 Å². The Morgan fingerprint density at radius 2 is 1.81 bits per heavy atom. The molecule has 7 heteroatoms. The van der Waals surface area contributed by atoms with Gasteiger partial charge in [-0.2, -0.15) is 4.52 Å². The van der Waals surface area contributed by atoms with Gasteiger partial charge in [0.25, 0.3) is 0 Å². The maximum atomic E-state index is 11.1. The highest BCUT2D eigenvalue weighted by atomic mass is 32.1. The third-order valence-corrected chi connectivity index (χ3v) is 7.04. The van der Waals surface area contributed by atoms with Gasteiger partial charge in [0, 0.05) is 38.3 Å². The molecule has 31 heavy (non-hydrogen) atoms. The fourth-order valence-corrected chi connectivity index (χ4v) is 5.50. The number of nitrogens with zero attached hydrogens (tertiary/aromatic N) is 5. The molecular formula is C24H27N5OS. The molecule has 1 N–H and O–H groups in total. The number of para-hydroxylation sites is 1. The monoisotopic (exact) mass is 433 g/mol. The highest BCUT2D eigenvalue weighted by Crippen LogP contribution is 2.40. The van der Waals surface area contributed by atoms with Crippen LogP contribution in [0.1, 0.15) is 34.8 Å². The first kappa shape index (κ1) is 20.0. The van der Waals surface area contributed by atoms with Crippen molar-refractivity contribution >= 4 is 22.0 Å². The van der Waals surface area contributed by atoms with Gasteiger partial charge in [-0.15, -0.1) is 5.10 Å². The average Bonchev–Trinajstić information content (AvgIpc) is 3.34. The summed E-state index contributed by atoms with van der Waals surface area (Å²) in [6, 6.07) is 19.2. The minimum Gasteiger partial charge on any atom is -0.492 e. The molecule has 0 aliphatic carbocycles. The second kappa shape index (κ2) is 8.32. The van der Waals surface area contributed by atoms with Gasteiger partial charge >= 0.3 is 0 Å². The number of hydrogen-bond acceptors (Lipinski definition) is 6. The fourth-order valence-electron chi connectivity index (χ4n) is 4.36. The van der Waals surface area contributed by atoms with Crippen LogP contribution in [-0.4, -0.2) is 50.8 Å². The Kier molecular flexibility index (Phi) is 5.38. The van der Waals surface area contributed by atoms with Crippen molar-refractivity contribution in [1.29, 1.82) is 0 Å². The summed E-state index contributed by atoms with van der Waals surface area (Å²) >= 11 is 1.54. The van der Waals surface area contributed by atoms with Crippen LogP contribution in [-0.2, 0) is 6.42 Å². The van der Waals surface area contributed by atoms with Gasteiger partial charge in [0.15, 0.2) is 5.82 Å². The Hall–Kier alpha value is -2.90. The number of anilines is 1. The normalized spacial score (nSPS) is 16.1. The Balaban J connectivity index is 1.49. The van der Waals surface area contributed by atoms with Gasteiger partial charge in [0.2, 0.25) is 10.8 Å². The van der Waals surface area contributed by atoms with Crippen LogP contribution in [0, 0.1) is 6.92 Å². The van der Waals surface area contributed by atoms with E-state index in [1.807, 2.05) is 6.92 Å². The lowest BCUT2D eigenvalue weighted by Crippen LogP contribution is -2.47. The van der Waals surface area contributed by atoms with Gasteiger partial charge < -0.3 is 10.0 Å². The maximum absolute atomic E-state index is 11.1. The first-order chi connectivity index (χ1) is 15.1. The van der Waals surface area contributed by atoms with Gasteiger partial charge in [-0.05, 0) is 24.6 Å². The average molecular weight is 434 g/mol. The second-order valence-electron chi connectivity index (χ2n) is 8.04. The molecule has 0 radical (unpaired) electrons. The molecule has 1 aliphatic heterocycles. The fraction of sp³-hybridized carbons (Fsp3) is 0.333. The number of aryl methyl sites for hydroxylation is 2. The van der Waals surface area contributed by atoms with Crippen LogP contribution in [0.15, 0.2) is 54.6 Å². The molecule has 0 spiro atoms. The van der Waals surface area contributed by atoms with Crippen LogP contribution in [0.5, 0.6) is 5.88 Å². The molecule has 5 rings (SSSR count). The van der Waals surface area contributed by atoms with Crippen molar-refractivity contribution in [3.63, 3.8) is 0 Å². The molecule has 2 aromatic heterocycles. The number of hydrogen-bond donors (Lipinski definition) is 1. The van der Waals surface area contributed by atoms with Crippen molar-refractivity contribution in [2.45, 2.75) is 26.3 Å². The first-order valence-electron chi connectivity index (χ1n) is 10.8. The number of thiazole rings is 1. The molecule has 1 fully saturated rings. The molecule has 160 valence electrons. The number of fused-ring (bicyclic) bond motifs is 1. The summed E-state index contributed by atoms with van der Waals surface area (Å²) in [5.74, 6) is 0.973. The van der Waals surface area contributed by atoms with E-state index >= 15 is 0 Å². The number of rotatable bonds is 5. The smallest absolute Gasteiger partial charge is 0.230 e. The highest BCUT2D eigenvalue weighted by molar-refractivity contribution is 7.17. The van der Waals surface area contributed by atoms with E-state index in [1.54, 1.807) is 15.9 Å². The van der Waals surface area contributed by atoms with E-state index < -0.39 is 0 Å². The van der Waals surface area contributed by atoms with Gasteiger partial charge in [0.05, 0.1) is 10.9 Å². The Bertz CT molecular complexity index is 1180. The Morgan fingerprint density at radius 3 is 2.48 bits per heavy atom. The second-order valence-corrected chi connectivity index (χ2v) is 9.05. The van der Waals surface area contributed by atoms with E-state index in [9.17, 15) is 5.11 Å². The van der Waals surface area contributed by atoms with E-state index in [1.165, 1.54) is 16.8 Å². The van der Waals surface area contributed by atoms with Crippen LogP contribution in [0.2, 0.25) is 0 Å². The SMILES string of the molecule is CCc1nc2sc(C(c3cccc(C)c3)N3CCN(c4ccccc4)CC3)c(O)n2n1. The zero-order valence-electron chi connectivity index (χ0n) is 17.9. The lowest BCUT2D eigenvalue weighted by Gasteiger charge is -2.40. The van der Waals surface area contributed by atoms with E-state index in [-0.39, 0.29) is 11.9 Å². The Morgan fingerprint density at radius 1 is 1.03 bits per heavy atom. The standard InChI is InChI=1S/C24H27N5OS/c1-3-20-25-24-29(26-20)23(30)22(31-24)21(18-9-7-8-17(2)16-18)28-14-12-27(13-15-28)19-10-5-4-6-11-19/h4-11,16,21,30H,3,12-15H2,1-2H3. The topological polar surface area (TPSA) is 56.9 Å². The van der Waals surface area contributed by atoms with E-state index in [0.29, 0.717) is 0 Å². The van der Waals surface area contributed by atoms with Crippen LogP contribution in [0.4, 0.5) is 5.69 Å². The van der Waals surface area contributed by atoms with Crippen LogP contribution in [0.25, 0.3) is 4.96 Å². The van der Waals surface area contributed by atoms with Crippen molar-refractivity contribution in [3.8, 4) is 5.88 Å². The van der Waals surface area contributed by atoms with Crippen molar-refractivity contribution in [3.05, 3.63) is 76.4 Å². The third-order valence-electron chi connectivity index (χ3n) is 5.97. The van der Waals surface area contributed by atoms with E-state index in [2.05, 4.69) is 81.4 Å². The van der Waals surface area contributed by atoms with Gasteiger partial charge in [0.1, 0.15) is 0 Å². The quantitative estimate of drug-likeness (QED) is 0.509. The van der Waals surface area contributed by atoms with Crippen molar-refractivity contribution in [2.75, 3.05) is 31.1 Å². The third kappa shape index (κ3) is 3.79. The molecule has 1 aliphatic rings. The summed E-state index contributed by atoms with van der Waals surface area (Å²) < 4.78 is 1.60. The molecule has 0 amide bonds. The van der Waals surface area contributed by atoms with Gasteiger partial charge in [-0.3, -0.25) is 4.90 Å². The summed E-state index contributed by atoms with van der Waals surface area (Å²) in [5, 5.41) is 15.6. The minimum atomic E-state index is -0.0172. The molecule has 1 unspecified atom stereocenters. The summed E-state index contributed by atoms with van der Waals surface area (Å²) in [4.78, 5) is 11.2.